The zero-order chi connectivity index (χ0) is 26.5. The molecule has 12 heteroatoms. The first-order valence-electron chi connectivity index (χ1n) is 12.6. The van der Waals surface area contributed by atoms with Crippen molar-refractivity contribution in [2.75, 3.05) is 98.4 Å². The summed E-state index contributed by atoms with van der Waals surface area (Å²) >= 11 is 1.57. The molecule has 0 bridgehead atoms. The third-order valence-corrected chi connectivity index (χ3v) is 6.76. The molecule has 11 nitrogen and oxygen atoms in total. The average molecular weight is 536 g/mol. The maximum Gasteiger partial charge on any atom is 0.307 e. The molecule has 1 aliphatic rings. The molecule has 36 heavy (non-hydrogen) atoms. The maximum absolute atomic E-state index is 12.3. The van der Waals surface area contributed by atoms with Crippen LogP contribution >= 0.6 is 11.8 Å². The van der Waals surface area contributed by atoms with E-state index in [1.165, 1.54) is 7.11 Å². The van der Waals surface area contributed by atoms with Crippen LogP contribution in [0.2, 0.25) is 0 Å². The summed E-state index contributed by atoms with van der Waals surface area (Å²) in [6.07, 6.45) is 1.49. The zero-order valence-corrected chi connectivity index (χ0v) is 23.0. The number of hydrogen-bond acceptors (Lipinski definition) is 10. The predicted octanol–water partition coefficient (Wildman–Crippen LogP) is 0.456. The quantitative estimate of drug-likeness (QED) is 0.158. The van der Waals surface area contributed by atoms with Gasteiger partial charge in [-0.3, -0.25) is 14.4 Å². The number of ether oxygens (including phenoxy) is 5. The Bertz CT molecular complexity index is 618. The Balaban J connectivity index is 1.88. The number of carbonyl (C=O) groups is 3. The Morgan fingerprint density at radius 2 is 1.42 bits per heavy atom. The number of carbonyl (C=O) groups excluding carboxylic acids is 3. The second-order valence-corrected chi connectivity index (χ2v) is 10.5. The second kappa shape index (κ2) is 20.6. The van der Waals surface area contributed by atoms with Gasteiger partial charge in [0, 0.05) is 43.9 Å². The lowest BCUT2D eigenvalue weighted by atomic mass is 10.1. The highest BCUT2D eigenvalue weighted by Crippen LogP contribution is 2.29. The Labute approximate surface area is 219 Å². The largest absolute Gasteiger partial charge is 0.469 e. The van der Waals surface area contributed by atoms with E-state index in [0.717, 1.165) is 32.6 Å². The van der Waals surface area contributed by atoms with E-state index in [4.69, 9.17) is 18.9 Å². The summed E-state index contributed by atoms with van der Waals surface area (Å²) < 4.78 is 25.9. The fourth-order valence-electron chi connectivity index (χ4n) is 3.15. The number of amides is 2. The van der Waals surface area contributed by atoms with Crippen molar-refractivity contribution in [1.82, 2.24) is 15.5 Å². The Kier molecular flexibility index (Phi) is 18.6. The highest BCUT2D eigenvalue weighted by Gasteiger charge is 2.23. The summed E-state index contributed by atoms with van der Waals surface area (Å²) in [5.74, 6) is 0.225. The van der Waals surface area contributed by atoms with Gasteiger partial charge in [-0.1, -0.05) is 13.8 Å². The van der Waals surface area contributed by atoms with Gasteiger partial charge in [-0.2, -0.15) is 0 Å². The van der Waals surface area contributed by atoms with Crippen molar-refractivity contribution < 1.29 is 38.1 Å². The van der Waals surface area contributed by atoms with Gasteiger partial charge in [0.25, 0.3) is 0 Å². The monoisotopic (exact) mass is 535 g/mol. The molecule has 1 fully saturated rings. The minimum absolute atomic E-state index is 0.0345. The summed E-state index contributed by atoms with van der Waals surface area (Å²) in [6, 6.07) is 0. The topological polar surface area (TPSA) is 125 Å². The van der Waals surface area contributed by atoms with E-state index in [0.29, 0.717) is 71.6 Å². The first-order valence-corrected chi connectivity index (χ1v) is 13.6. The third-order valence-electron chi connectivity index (χ3n) is 5.37. The van der Waals surface area contributed by atoms with Crippen molar-refractivity contribution in [3.63, 3.8) is 0 Å². The average Bonchev–Trinajstić information content (AvgIpc) is 2.88. The third kappa shape index (κ3) is 17.9. The van der Waals surface area contributed by atoms with Crippen molar-refractivity contribution in [3.05, 3.63) is 0 Å². The molecule has 0 radical (unpaired) electrons. The highest BCUT2D eigenvalue weighted by molar-refractivity contribution is 8.01. The predicted molar refractivity (Wildman–Crippen MR) is 138 cm³/mol. The Hall–Kier alpha value is -1.44. The molecule has 1 aliphatic heterocycles. The number of hydrogen-bond donors (Lipinski definition) is 2. The van der Waals surface area contributed by atoms with Gasteiger partial charge in [0.2, 0.25) is 11.8 Å². The maximum atomic E-state index is 12.3. The fraction of sp³-hybridized carbons (Fsp3) is 0.875. The van der Waals surface area contributed by atoms with E-state index in [9.17, 15) is 14.4 Å². The van der Waals surface area contributed by atoms with Crippen molar-refractivity contribution in [2.45, 2.75) is 37.9 Å². The Morgan fingerprint density at radius 1 is 0.861 bits per heavy atom. The molecule has 0 saturated carbocycles. The van der Waals surface area contributed by atoms with Crippen LogP contribution in [0, 0.1) is 0 Å². The molecular formula is C24H45N3O8S. The van der Waals surface area contributed by atoms with Crippen LogP contribution in [0.5, 0.6) is 0 Å². The summed E-state index contributed by atoms with van der Waals surface area (Å²) in [4.78, 5) is 37.3. The molecule has 0 atom stereocenters. The highest BCUT2D eigenvalue weighted by atomic mass is 32.2. The van der Waals surface area contributed by atoms with Crippen LogP contribution in [0.4, 0.5) is 0 Å². The molecule has 0 aliphatic carbocycles. The summed E-state index contributed by atoms with van der Waals surface area (Å²) in [6.45, 7) is 11.2. The van der Waals surface area contributed by atoms with Gasteiger partial charge in [-0.25, -0.2) is 0 Å². The van der Waals surface area contributed by atoms with Crippen LogP contribution < -0.4 is 10.6 Å². The number of nitrogens with one attached hydrogen (secondary N) is 2. The normalized spacial score (nSPS) is 14.0. The number of rotatable bonds is 21. The lowest BCUT2D eigenvalue weighted by molar-refractivity contribution is -0.142. The van der Waals surface area contributed by atoms with Gasteiger partial charge in [0.05, 0.1) is 72.1 Å². The van der Waals surface area contributed by atoms with Crippen LogP contribution in [-0.2, 0) is 38.1 Å². The second-order valence-electron chi connectivity index (χ2n) is 8.80. The van der Waals surface area contributed by atoms with E-state index < -0.39 is 0 Å². The van der Waals surface area contributed by atoms with E-state index in [1.54, 1.807) is 11.8 Å². The van der Waals surface area contributed by atoms with Crippen LogP contribution in [0.3, 0.4) is 0 Å². The SMILES string of the molecule is COC(=O)CCOCCOCCOCCOCCNC(=O)CSC(C)(C)CCC(=O)N1CCNCC1. The molecule has 210 valence electrons. The van der Waals surface area contributed by atoms with Crippen molar-refractivity contribution >= 4 is 29.5 Å². The van der Waals surface area contributed by atoms with Crippen LogP contribution in [0.1, 0.15) is 33.1 Å². The van der Waals surface area contributed by atoms with E-state index >= 15 is 0 Å². The van der Waals surface area contributed by atoms with Gasteiger partial charge < -0.3 is 39.2 Å². The smallest absolute Gasteiger partial charge is 0.307 e. The molecule has 2 amide bonds. The van der Waals surface area contributed by atoms with Crippen LogP contribution in [-0.4, -0.2) is 126 Å². The van der Waals surface area contributed by atoms with Crippen LogP contribution in [0.15, 0.2) is 0 Å². The summed E-state index contributed by atoms with van der Waals surface area (Å²) in [5.41, 5.74) is 0. The number of methoxy groups -OCH3 is 1. The lowest BCUT2D eigenvalue weighted by Gasteiger charge is -2.29. The van der Waals surface area contributed by atoms with Crippen molar-refractivity contribution in [3.8, 4) is 0 Å². The van der Waals surface area contributed by atoms with Gasteiger partial charge in [-0.05, 0) is 6.42 Å². The first-order chi connectivity index (χ1) is 17.3. The molecule has 2 N–H and O–H groups in total. The first kappa shape index (κ1) is 32.6. The van der Waals surface area contributed by atoms with Gasteiger partial charge in [0.15, 0.2) is 0 Å². The zero-order valence-electron chi connectivity index (χ0n) is 22.1. The molecule has 0 aromatic rings. The molecule has 1 rings (SSSR count). The fourth-order valence-corrected chi connectivity index (χ4v) is 4.02. The van der Waals surface area contributed by atoms with Gasteiger partial charge >= 0.3 is 5.97 Å². The molecule has 1 heterocycles. The molecule has 1 saturated heterocycles. The van der Waals surface area contributed by atoms with Gasteiger partial charge in [0.1, 0.15) is 0 Å². The van der Waals surface area contributed by atoms with Crippen molar-refractivity contribution in [2.24, 2.45) is 0 Å². The Morgan fingerprint density at radius 3 is 2.00 bits per heavy atom. The number of thioether (sulfide) groups is 1. The number of nitrogens with zero attached hydrogens (tertiary/aromatic N) is 1. The van der Waals surface area contributed by atoms with Crippen molar-refractivity contribution in [1.29, 1.82) is 0 Å². The lowest BCUT2D eigenvalue weighted by Crippen LogP contribution is -2.46. The molecular weight excluding hydrogens is 490 g/mol. The number of piperazine rings is 1. The summed E-state index contributed by atoms with van der Waals surface area (Å²) in [5, 5.41) is 6.11. The van der Waals surface area contributed by atoms with Crippen LogP contribution in [0.25, 0.3) is 0 Å². The van der Waals surface area contributed by atoms with Gasteiger partial charge in [-0.15, -0.1) is 11.8 Å². The van der Waals surface area contributed by atoms with E-state index in [1.807, 2.05) is 4.90 Å². The number of esters is 1. The molecule has 0 spiro atoms. The summed E-state index contributed by atoms with van der Waals surface area (Å²) in [7, 11) is 1.35. The minimum Gasteiger partial charge on any atom is -0.469 e. The molecule has 0 aromatic carbocycles. The molecule has 0 aromatic heterocycles. The van der Waals surface area contributed by atoms with E-state index in [2.05, 4.69) is 29.2 Å². The standard InChI is InChI=1S/C24H45N3O8S/c1-24(2,6-4-22(29)27-10-7-25-8-11-27)36-20-21(28)26-9-13-33-15-17-35-19-18-34-16-14-32-12-5-23(30)31-3/h25H,4-20H2,1-3H3,(H,26,28). The molecule has 0 unspecified atom stereocenters. The van der Waals surface area contributed by atoms with E-state index in [-0.39, 0.29) is 29.0 Å². The minimum atomic E-state index is -0.292.